The third-order valence-corrected chi connectivity index (χ3v) is 0.263. The van der Waals surface area contributed by atoms with E-state index in [0.29, 0.717) is 0 Å². The number of hydrogen-bond acceptors (Lipinski definition) is 3. The van der Waals surface area contributed by atoms with Crippen molar-refractivity contribution in [2.75, 3.05) is 0 Å². The molecule has 7 heavy (non-hydrogen) atoms. The maximum atomic E-state index is 6.58. The fraction of sp³-hybridized carbons (Fsp3) is 0.333. The van der Waals surface area contributed by atoms with Gasteiger partial charge in [0.15, 0.2) is 5.90 Å². The summed E-state index contributed by atoms with van der Waals surface area (Å²) < 4.78 is 4.19. The van der Waals surface area contributed by atoms with Crippen molar-refractivity contribution in [3.05, 3.63) is 0 Å². The molecule has 0 aliphatic rings. The van der Waals surface area contributed by atoms with Gasteiger partial charge < -0.3 is 10.5 Å². The molecule has 0 saturated carbocycles. The van der Waals surface area contributed by atoms with Gasteiger partial charge in [-0.05, 0) is 0 Å². The Balaban J connectivity index is 3.32. The molecule has 0 saturated heterocycles. The van der Waals surface area contributed by atoms with Crippen LogP contribution >= 0.6 is 0 Å². The van der Waals surface area contributed by atoms with E-state index in [2.05, 4.69) is 4.74 Å². The first-order chi connectivity index (χ1) is 3.13. The van der Waals surface area contributed by atoms with Crippen LogP contribution < -0.4 is 5.73 Å². The van der Waals surface area contributed by atoms with E-state index in [1.165, 1.54) is 6.92 Å². The first-order valence-corrected chi connectivity index (χ1v) is 1.70. The van der Waals surface area contributed by atoms with Gasteiger partial charge in [-0.25, -0.2) is 0 Å². The van der Waals surface area contributed by atoms with Crippen LogP contribution in [-0.2, 0) is 4.74 Å². The number of ether oxygens (including phenoxy) is 1. The molecule has 0 aromatic heterocycles. The maximum Gasteiger partial charge on any atom is 0.285 e. The summed E-state index contributed by atoms with van der Waals surface area (Å²) in [6.07, 6.45) is 0. The summed E-state index contributed by atoms with van der Waals surface area (Å²) in [5, 5.41) is 13.0. The summed E-state index contributed by atoms with van der Waals surface area (Å²) in [6, 6.07) is -0.437. The Bertz CT molecular complexity index is 86.4. The summed E-state index contributed by atoms with van der Waals surface area (Å²) in [5.41, 5.74) is 4.71. The highest BCUT2D eigenvalue weighted by atomic mass is 16.5. The normalized spacial score (nSPS) is 7.57. The lowest BCUT2D eigenvalue weighted by Crippen LogP contribution is -2.16. The molecule has 0 heterocycles. The topological polar surface area (TPSA) is 83.0 Å². The van der Waals surface area contributed by atoms with Crippen LogP contribution in [0.3, 0.4) is 0 Å². The third-order valence-electron chi connectivity index (χ3n) is 0.263. The zero-order valence-corrected chi connectivity index (χ0v) is 3.99. The van der Waals surface area contributed by atoms with Gasteiger partial charge in [0.1, 0.15) is 0 Å². The Morgan fingerprint density at radius 3 is 2.00 bits per heavy atom. The van der Waals surface area contributed by atoms with Gasteiger partial charge in [0.2, 0.25) is 0 Å². The van der Waals surface area contributed by atoms with E-state index in [1.807, 2.05) is 0 Å². The Labute approximate surface area is 41.3 Å². The van der Waals surface area contributed by atoms with Gasteiger partial charge in [0, 0.05) is 6.92 Å². The summed E-state index contributed by atoms with van der Waals surface area (Å²) in [7, 11) is 0. The number of rotatable bonds is 0. The van der Waals surface area contributed by atoms with E-state index in [9.17, 15) is 0 Å². The molecule has 0 aromatic carbocycles. The van der Waals surface area contributed by atoms with E-state index < -0.39 is 6.02 Å². The standard InChI is InChI=1S/C3H7N3O/c1-2(4)7-3(5)6/h4H,1H3,(H3,5,6). The summed E-state index contributed by atoms with van der Waals surface area (Å²) >= 11 is 0. The molecule has 0 atom stereocenters. The minimum absolute atomic E-state index is 0.0625. The van der Waals surface area contributed by atoms with Gasteiger partial charge in [0.25, 0.3) is 6.02 Å². The smallest absolute Gasteiger partial charge is 0.285 e. The number of hydrogen-bond donors (Lipinski definition) is 3. The zero-order chi connectivity index (χ0) is 5.86. The van der Waals surface area contributed by atoms with Crippen molar-refractivity contribution in [2.45, 2.75) is 6.92 Å². The van der Waals surface area contributed by atoms with Crippen molar-refractivity contribution in [1.29, 1.82) is 10.8 Å². The van der Waals surface area contributed by atoms with Crippen LogP contribution in [0.1, 0.15) is 6.92 Å². The maximum absolute atomic E-state index is 6.58. The lowest BCUT2D eigenvalue weighted by Gasteiger charge is -1.94. The molecular formula is C3H7N3O. The molecule has 0 radical (unpaired) electrons. The molecule has 0 amide bonds. The Hall–Kier alpha value is -1.06. The van der Waals surface area contributed by atoms with Crippen molar-refractivity contribution >= 4 is 11.9 Å². The van der Waals surface area contributed by atoms with Crippen LogP contribution in [0.15, 0.2) is 0 Å². The molecule has 0 aromatic rings. The van der Waals surface area contributed by atoms with Crippen molar-refractivity contribution < 1.29 is 4.74 Å². The molecule has 0 unspecified atom stereocenters. The van der Waals surface area contributed by atoms with Crippen LogP contribution in [-0.4, -0.2) is 11.9 Å². The molecule has 4 nitrogen and oxygen atoms in total. The van der Waals surface area contributed by atoms with E-state index in [4.69, 9.17) is 16.6 Å². The molecule has 0 fully saturated rings. The lowest BCUT2D eigenvalue weighted by molar-refractivity contribution is 0.522. The van der Waals surface area contributed by atoms with Crippen molar-refractivity contribution in [1.82, 2.24) is 0 Å². The first-order valence-electron chi connectivity index (χ1n) is 1.70. The largest absolute Gasteiger partial charge is 0.412 e. The minimum Gasteiger partial charge on any atom is -0.412 e. The highest BCUT2D eigenvalue weighted by molar-refractivity contribution is 5.84. The predicted octanol–water partition coefficient (Wildman–Crippen LogP) is -0.106. The van der Waals surface area contributed by atoms with E-state index in [-0.39, 0.29) is 5.90 Å². The van der Waals surface area contributed by atoms with Gasteiger partial charge in [-0.1, -0.05) is 0 Å². The second-order valence-electron chi connectivity index (χ2n) is 1.02. The number of nitrogens with two attached hydrogens (primary N) is 1. The monoisotopic (exact) mass is 101 g/mol. The van der Waals surface area contributed by atoms with E-state index in [0.717, 1.165) is 0 Å². The molecule has 0 spiro atoms. The minimum atomic E-state index is -0.437. The number of amidine groups is 1. The van der Waals surface area contributed by atoms with Gasteiger partial charge in [-0.15, -0.1) is 0 Å². The lowest BCUT2D eigenvalue weighted by atomic mass is 10.8. The molecule has 0 rings (SSSR count). The van der Waals surface area contributed by atoms with Gasteiger partial charge in [-0.2, -0.15) is 0 Å². The van der Waals surface area contributed by atoms with Gasteiger partial charge in [0.05, 0.1) is 0 Å². The van der Waals surface area contributed by atoms with Crippen molar-refractivity contribution in [3.63, 3.8) is 0 Å². The highest BCUT2D eigenvalue weighted by Crippen LogP contribution is 1.70. The Kier molecular flexibility index (Phi) is 1.84. The third kappa shape index (κ3) is 4.94. The molecule has 40 valence electrons. The fourth-order valence-electron chi connectivity index (χ4n) is 0.165. The van der Waals surface area contributed by atoms with Crippen LogP contribution in [0.25, 0.3) is 0 Å². The summed E-state index contributed by atoms with van der Waals surface area (Å²) in [4.78, 5) is 0. The predicted molar refractivity (Wildman–Crippen MR) is 26.4 cm³/mol. The molecular weight excluding hydrogens is 94.1 g/mol. The zero-order valence-electron chi connectivity index (χ0n) is 3.99. The fourth-order valence-corrected chi connectivity index (χ4v) is 0.165. The van der Waals surface area contributed by atoms with Gasteiger partial charge in [-0.3, -0.25) is 10.8 Å². The quantitative estimate of drug-likeness (QED) is 0.294. The van der Waals surface area contributed by atoms with Crippen LogP contribution in [0.5, 0.6) is 0 Å². The Morgan fingerprint density at radius 1 is 1.57 bits per heavy atom. The van der Waals surface area contributed by atoms with Crippen molar-refractivity contribution in [2.24, 2.45) is 5.73 Å². The van der Waals surface area contributed by atoms with Crippen molar-refractivity contribution in [3.8, 4) is 0 Å². The van der Waals surface area contributed by atoms with Crippen LogP contribution in [0, 0.1) is 10.8 Å². The average Bonchev–Trinajstić information content (AvgIpc) is 1.27. The SMILES string of the molecule is CC(=N)OC(=N)N. The van der Waals surface area contributed by atoms with E-state index in [1.54, 1.807) is 0 Å². The Morgan fingerprint density at radius 2 is 2.00 bits per heavy atom. The molecule has 0 aliphatic heterocycles. The highest BCUT2D eigenvalue weighted by Gasteiger charge is 1.86. The molecule has 0 aliphatic carbocycles. The van der Waals surface area contributed by atoms with Crippen LogP contribution in [0.2, 0.25) is 0 Å². The molecule has 0 bridgehead atoms. The number of nitrogens with one attached hydrogen (secondary N) is 2. The second kappa shape index (κ2) is 2.17. The first kappa shape index (κ1) is 5.94. The molecule has 4 N–H and O–H groups in total. The molecule has 4 heteroatoms. The second-order valence-corrected chi connectivity index (χ2v) is 1.02. The average molecular weight is 101 g/mol. The van der Waals surface area contributed by atoms with Crippen LogP contribution in [0.4, 0.5) is 0 Å². The van der Waals surface area contributed by atoms with Gasteiger partial charge >= 0.3 is 0 Å². The summed E-state index contributed by atoms with van der Waals surface area (Å²) in [6.45, 7) is 1.40. The summed E-state index contributed by atoms with van der Waals surface area (Å²) in [5.74, 6) is -0.0625. The van der Waals surface area contributed by atoms with E-state index >= 15 is 0 Å².